The summed E-state index contributed by atoms with van der Waals surface area (Å²) in [5.74, 6) is -0.602. The molecule has 6 nitrogen and oxygen atoms in total. The molecule has 0 spiro atoms. The number of aromatic nitrogens is 2. The molecule has 2 aromatic rings. The molecule has 2 N–H and O–H groups in total. The molecule has 1 atom stereocenters. The molecule has 1 aliphatic rings. The summed E-state index contributed by atoms with van der Waals surface area (Å²) in [6.07, 6.45) is 5.81. The Morgan fingerprint density at radius 1 is 1.50 bits per heavy atom. The number of hydrogen-bond donors (Lipinski definition) is 2. The number of rotatable bonds is 6. The van der Waals surface area contributed by atoms with Crippen LogP contribution >= 0.6 is 0 Å². The van der Waals surface area contributed by atoms with Gasteiger partial charge >= 0.3 is 0 Å². The zero-order valence-electron chi connectivity index (χ0n) is 13.6. The predicted octanol–water partition coefficient (Wildman–Crippen LogP) is 2.33. The fourth-order valence-corrected chi connectivity index (χ4v) is 2.72. The van der Waals surface area contributed by atoms with Crippen molar-refractivity contribution in [3.8, 4) is 0 Å². The molecule has 2 heterocycles. The molecule has 24 heavy (non-hydrogen) atoms. The number of anilines is 2. The summed E-state index contributed by atoms with van der Waals surface area (Å²) >= 11 is 0. The molecule has 0 bridgehead atoms. The van der Waals surface area contributed by atoms with Crippen molar-refractivity contribution in [2.75, 3.05) is 23.8 Å². The summed E-state index contributed by atoms with van der Waals surface area (Å²) in [6, 6.07) is 4.63. The van der Waals surface area contributed by atoms with Gasteiger partial charge in [-0.05, 0) is 36.6 Å². The van der Waals surface area contributed by atoms with Crippen molar-refractivity contribution in [2.45, 2.75) is 25.4 Å². The van der Waals surface area contributed by atoms with Crippen LogP contribution in [0.3, 0.4) is 0 Å². The van der Waals surface area contributed by atoms with Crippen molar-refractivity contribution in [3.05, 3.63) is 42.0 Å². The first-order chi connectivity index (χ1) is 11.6. The average Bonchev–Trinajstić information content (AvgIpc) is 3.18. The van der Waals surface area contributed by atoms with Crippen molar-refractivity contribution in [2.24, 2.45) is 7.05 Å². The number of ether oxygens (including phenoxy) is 1. The highest BCUT2D eigenvalue weighted by molar-refractivity contribution is 5.92. The monoisotopic (exact) mass is 332 g/mol. The smallest absolute Gasteiger partial charge is 0.228 e. The van der Waals surface area contributed by atoms with Gasteiger partial charge in [-0.15, -0.1) is 0 Å². The number of carbonyl (C=O) groups excluding carboxylic acids is 1. The van der Waals surface area contributed by atoms with Gasteiger partial charge in [0.2, 0.25) is 5.91 Å². The Kier molecular flexibility index (Phi) is 5.10. The number of carbonyl (C=O) groups is 1. The maximum Gasteiger partial charge on any atom is 0.228 e. The lowest BCUT2D eigenvalue weighted by Gasteiger charge is -2.13. The topological polar surface area (TPSA) is 68.2 Å². The van der Waals surface area contributed by atoms with Gasteiger partial charge in [-0.1, -0.05) is 0 Å². The number of aryl methyl sites for hydroxylation is 1. The van der Waals surface area contributed by atoms with Gasteiger partial charge in [0.15, 0.2) is 0 Å². The third-order valence-corrected chi connectivity index (χ3v) is 3.92. The van der Waals surface area contributed by atoms with Crippen molar-refractivity contribution in [1.82, 2.24) is 9.78 Å². The van der Waals surface area contributed by atoms with E-state index in [4.69, 9.17) is 4.74 Å². The van der Waals surface area contributed by atoms with Gasteiger partial charge in [0.05, 0.1) is 24.4 Å². The van der Waals surface area contributed by atoms with E-state index in [1.807, 2.05) is 0 Å². The van der Waals surface area contributed by atoms with Crippen LogP contribution in [0.15, 0.2) is 30.6 Å². The zero-order chi connectivity index (χ0) is 16.9. The van der Waals surface area contributed by atoms with Gasteiger partial charge in [-0.25, -0.2) is 4.39 Å². The normalized spacial score (nSPS) is 17.0. The van der Waals surface area contributed by atoms with Gasteiger partial charge in [-0.2, -0.15) is 5.10 Å². The minimum atomic E-state index is -0.396. The molecular formula is C17H21FN4O2. The molecule has 128 valence electrons. The van der Waals surface area contributed by atoms with E-state index in [0.717, 1.165) is 25.0 Å². The standard InChI is InChI=1S/C17H21FN4O2/c1-22-11-12(9-20-22)7-17(23)21-13-4-5-16(15(18)8-13)19-10-14-3-2-6-24-14/h4-5,8-9,11,14,19H,2-3,6-7,10H2,1H3,(H,21,23). The molecule has 1 aromatic heterocycles. The van der Waals surface area contributed by atoms with Crippen LogP contribution in [0.1, 0.15) is 18.4 Å². The largest absolute Gasteiger partial charge is 0.380 e. The zero-order valence-corrected chi connectivity index (χ0v) is 13.6. The van der Waals surface area contributed by atoms with Crippen LogP contribution in [0.5, 0.6) is 0 Å². The molecule has 7 heteroatoms. The average molecular weight is 332 g/mol. The lowest BCUT2D eigenvalue weighted by Crippen LogP contribution is -2.19. The molecule has 1 amide bonds. The first-order valence-corrected chi connectivity index (χ1v) is 8.02. The molecule has 0 radical (unpaired) electrons. The van der Waals surface area contributed by atoms with Crippen molar-refractivity contribution in [3.63, 3.8) is 0 Å². The van der Waals surface area contributed by atoms with E-state index in [1.54, 1.807) is 36.3 Å². The van der Waals surface area contributed by atoms with E-state index >= 15 is 0 Å². The van der Waals surface area contributed by atoms with Crippen molar-refractivity contribution in [1.29, 1.82) is 0 Å². The molecular weight excluding hydrogens is 311 g/mol. The SMILES string of the molecule is Cn1cc(CC(=O)Nc2ccc(NCC3CCCO3)c(F)c2)cn1. The maximum absolute atomic E-state index is 14.1. The van der Waals surface area contributed by atoms with Gasteiger partial charge in [0, 0.05) is 32.1 Å². The van der Waals surface area contributed by atoms with Crippen LogP contribution in [0.2, 0.25) is 0 Å². The Hall–Kier alpha value is -2.41. The van der Waals surface area contributed by atoms with Crippen molar-refractivity contribution >= 4 is 17.3 Å². The van der Waals surface area contributed by atoms with Crippen LogP contribution in [-0.4, -0.2) is 34.9 Å². The lowest BCUT2D eigenvalue weighted by atomic mass is 10.2. The summed E-state index contributed by atoms with van der Waals surface area (Å²) in [6.45, 7) is 1.36. The van der Waals surface area contributed by atoms with Gasteiger partial charge in [0.25, 0.3) is 0 Å². The first kappa shape index (κ1) is 16.4. The summed E-state index contributed by atoms with van der Waals surface area (Å²) in [5.41, 5.74) is 1.66. The molecule has 0 saturated carbocycles. The quantitative estimate of drug-likeness (QED) is 0.852. The second kappa shape index (κ2) is 7.44. The molecule has 3 rings (SSSR count). The Labute approximate surface area is 140 Å². The predicted molar refractivity (Wildman–Crippen MR) is 89.4 cm³/mol. The van der Waals surface area contributed by atoms with Crippen LogP contribution in [-0.2, 0) is 23.0 Å². The van der Waals surface area contributed by atoms with E-state index in [2.05, 4.69) is 15.7 Å². The Balaban J connectivity index is 1.54. The third-order valence-electron chi connectivity index (χ3n) is 3.92. The second-order valence-corrected chi connectivity index (χ2v) is 5.96. The summed E-state index contributed by atoms with van der Waals surface area (Å²) < 4.78 is 21.3. The van der Waals surface area contributed by atoms with Crippen LogP contribution in [0, 0.1) is 5.82 Å². The van der Waals surface area contributed by atoms with E-state index in [0.29, 0.717) is 17.9 Å². The number of halogens is 1. The molecule has 1 unspecified atom stereocenters. The van der Waals surface area contributed by atoms with Crippen LogP contribution < -0.4 is 10.6 Å². The third kappa shape index (κ3) is 4.32. The lowest BCUT2D eigenvalue weighted by molar-refractivity contribution is -0.115. The second-order valence-electron chi connectivity index (χ2n) is 5.96. The number of benzene rings is 1. The number of nitrogens with one attached hydrogen (secondary N) is 2. The van der Waals surface area contributed by atoms with Crippen LogP contribution in [0.25, 0.3) is 0 Å². The van der Waals surface area contributed by atoms with E-state index in [-0.39, 0.29) is 18.4 Å². The van der Waals surface area contributed by atoms with E-state index in [1.165, 1.54) is 6.07 Å². The summed E-state index contributed by atoms with van der Waals surface area (Å²) in [5, 5.41) is 9.76. The Morgan fingerprint density at radius 2 is 2.38 bits per heavy atom. The molecule has 1 aromatic carbocycles. The number of hydrogen-bond acceptors (Lipinski definition) is 4. The molecule has 1 saturated heterocycles. The molecule has 1 aliphatic heterocycles. The summed E-state index contributed by atoms with van der Waals surface area (Å²) in [4.78, 5) is 12.0. The maximum atomic E-state index is 14.1. The highest BCUT2D eigenvalue weighted by Gasteiger charge is 2.16. The van der Waals surface area contributed by atoms with Crippen molar-refractivity contribution < 1.29 is 13.9 Å². The summed E-state index contributed by atoms with van der Waals surface area (Å²) in [7, 11) is 1.79. The highest BCUT2D eigenvalue weighted by Crippen LogP contribution is 2.20. The highest BCUT2D eigenvalue weighted by atomic mass is 19.1. The van der Waals surface area contributed by atoms with Gasteiger partial charge in [-0.3, -0.25) is 9.48 Å². The van der Waals surface area contributed by atoms with E-state index < -0.39 is 5.82 Å². The van der Waals surface area contributed by atoms with Crippen LogP contribution in [0.4, 0.5) is 15.8 Å². The fourth-order valence-electron chi connectivity index (χ4n) is 2.72. The fraction of sp³-hybridized carbons (Fsp3) is 0.412. The van der Waals surface area contributed by atoms with Gasteiger partial charge in [0.1, 0.15) is 5.82 Å². The van der Waals surface area contributed by atoms with Gasteiger partial charge < -0.3 is 15.4 Å². The Morgan fingerprint density at radius 3 is 3.04 bits per heavy atom. The molecule has 0 aliphatic carbocycles. The minimum Gasteiger partial charge on any atom is -0.380 e. The minimum absolute atomic E-state index is 0.142. The number of amides is 1. The molecule has 1 fully saturated rings. The van der Waals surface area contributed by atoms with E-state index in [9.17, 15) is 9.18 Å². The Bertz CT molecular complexity index is 710. The number of nitrogens with zero attached hydrogens (tertiary/aromatic N) is 2. The first-order valence-electron chi connectivity index (χ1n) is 8.02.